The van der Waals surface area contributed by atoms with Crippen molar-refractivity contribution in [2.24, 2.45) is 0 Å². The molecule has 0 spiro atoms. The molecule has 466 valence electrons. The second-order valence-corrected chi connectivity index (χ2v) is 25.6. The number of nitrogens with one attached hydrogen (secondary N) is 1. The third kappa shape index (κ3) is 63.3. The van der Waals surface area contributed by atoms with Gasteiger partial charge in [0, 0.05) is 6.42 Å². The minimum absolute atomic E-state index is 0.000948. The molecule has 9 heteroatoms. The number of carbonyl (C=O) groups is 1. The van der Waals surface area contributed by atoms with Crippen molar-refractivity contribution in [2.45, 2.75) is 321 Å². The summed E-state index contributed by atoms with van der Waals surface area (Å²) in [5, 5.41) is 13.9. The van der Waals surface area contributed by atoms with Crippen molar-refractivity contribution in [2.75, 3.05) is 40.9 Å². The second kappa shape index (κ2) is 61.2. The van der Waals surface area contributed by atoms with Gasteiger partial charge in [-0.15, -0.1) is 0 Å². The summed E-state index contributed by atoms with van der Waals surface area (Å²) in [6.45, 7) is 4.56. The van der Waals surface area contributed by atoms with Crippen LogP contribution in [0.3, 0.4) is 0 Å². The quantitative estimate of drug-likeness (QED) is 0.0272. The van der Waals surface area contributed by atoms with E-state index in [1.54, 1.807) is 6.08 Å². The molecular weight excluding hydrogens is 1010 g/mol. The zero-order valence-electron chi connectivity index (χ0n) is 53.3. The average molecular weight is 1140 g/mol. The zero-order chi connectivity index (χ0) is 58.4. The summed E-state index contributed by atoms with van der Waals surface area (Å²) in [7, 11) is 1.27. The number of phosphoric acid groups is 1. The lowest BCUT2D eigenvalue weighted by molar-refractivity contribution is -0.870. The van der Waals surface area contributed by atoms with Crippen LogP contribution < -0.4 is 10.2 Å². The summed E-state index contributed by atoms with van der Waals surface area (Å²) in [5.41, 5.74) is 0. The predicted octanol–water partition coefficient (Wildman–Crippen LogP) is 20.9. The van der Waals surface area contributed by atoms with E-state index in [0.29, 0.717) is 17.4 Å². The number of carbonyl (C=O) groups excluding carboxylic acids is 1. The van der Waals surface area contributed by atoms with Crippen molar-refractivity contribution in [3.8, 4) is 0 Å². The molecule has 0 bridgehead atoms. The summed E-state index contributed by atoms with van der Waals surface area (Å²) in [4.78, 5) is 25.6. The summed E-state index contributed by atoms with van der Waals surface area (Å²) in [6.07, 6.45) is 87.0. The van der Waals surface area contributed by atoms with E-state index in [-0.39, 0.29) is 19.1 Å². The highest BCUT2D eigenvalue weighted by Crippen LogP contribution is 2.38. The molecule has 80 heavy (non-hydrogen) atoms. The number of likely N-dealkylation sites (N-methyl/N-ethyl adjacent to an activating group) is 1. The normalized spacial score (nSPS) is 14.2. The molecule has 8 nitrogen and oxygen atoms in total. The number of aliphatic hydroxyl groups excluding tert-OH is 1. The fourth-order valence-corrected chi connectivity index (χ4v) is 10.6. The van der Waals surface area contributed by atoms with E-state index in [2.05, 4.69) is 92.1 Å². The van der Waals surface area contributed by atoms with Crippen LogP contribution in [-0.2, 0) is 18.4 Å². The van der Waals surface area contributed by atoms with E-state index < -0.39 is 20.0 Å². The first-order chi connectivity index (χ1) is 39.0. The monoisotopic (exact) mass is 1140 g/mol. The molecule has 0 aliphatic carbocycles. The minimum Gasteiger partial charge on any atom is -0.756 e. The van der Waals surface area contributed by atoms with Crippen molar-refractivity contribution < 1.29 is 32.9 Å². The van der Waals surface area contributed by atoms with E-state index in [1.807, 2.05) is 27.2 Å². The van der Waals surface area contributed by atoms with Crippen LogP contribution in [0.4, 0.5) is 0 Å². The lowest BCUT2D eigenvalue weighted by Crippen LogP contribution is -2.45. The summed E-state index contributed by atoms with van der Waals surface area (Å²) in [5.74, 6) is -0.194. The van der Waals surface area contributed by atoms with Crippen molar-refractivity contribution in [1.29, 1.82) is 0 Å². The first-order valence-corrected chi connectivity index (χ1v) is 35.4. The van der Waals surface area contributed by atoms with Crippen molar-refractivity contribution >= 4 is 13.7 Å². The van der Waals surface area contributed by atoms with Crippen LogP contribution in [0.5, 0.6) is 0 Å². The van der Waals surface area contributed by atoms with Crippen LogP contribution in [0.25, 0.3) is 0 Å². The Morgan fingerprint density at radius 1 is 0.450 bits per heavy atom. The number of rotatable bonds is 62. The average Bonchev–Trinajstić information content (AvgIpc) is 3.42. The molecule has 0 fully saturated rings. The minimum atomic E-state index is -4.60. The Labute approximate surface area is 497 Å². The molecule has 0 aliphatic heterocycles. The maximum atomic E-state index is 13.0. The van der Waals surface area contributed by atoms with Crippen molar-refractivity contribution in [3.63, 3.8) is 0 Å². The zero-order valence-corrected chi connectivity index (χ0v) is 54.2. The van der Waals surface area contributed by atoms with Crippen LogP contribution in [0.15, 0.2) is 85.1 Å². The van der Waals surface area contributed by atoms with Gasteiger partial charge in [0.15, 0.2) is 0 Å². The van der Waals surface area contributed by atoms with E-state index in [1.165, 1.54) is 212 Å². The smallest absolute Gasteiger partial charge is 0.268 e. The number of nitrogens with zero attached hydrogens (tertiary/aromatic N) is 1. The fraction of sp³-hybridized carbons (Fsp3) is 0.789. The molecule has 3 atom stereocenters. The van der Waals surface area contributed by atoms with Crippen LogP contribution in [0.1, 0.15) is 309 Å². The summed E-state index contributed by atoms with van der Waals surface area (Å²) in [6, 6.07) is -0.888. The number of phosphoric ester groups is 1. The molecule has 0 saturated heterocycles. The Kier molecular flexibility index (Phi) is 59.5. The molecular formula is C71H131N2O6P. The number of hydrogen-bond donors (Lipinski definition) is 2. The highest BCUT2D eigenvalue weighted by Gasteiger charge is 2.23. The van der Waals surface area contributed by atoms with Gasteiger partial charge in [-0.25, -0.2) is 0 Å². The van der Waals surface area contributed by atoms with Crippen LogP contribution in [0, 0.1) is 0 Å². The van der Waals surface area contributed by atoms with E-state index >= 15 is 0 Å². The molecule has 2 N–H and O–H groups in total. The van der Waals surface area contributed by atoms with E-state index in [0.717, 1.165) is 77.0 Å². The molecule has 0 aromatic carbocycles. The van der Waals surface area contributed by atoms with Gasteiger partial charge in [0.05, 0.1) is 39.9 Å². The first-order valence-electron chi connectivity index (χ1n) is 33.9. The molecule has 1 amide bonds. The third-order valence-electron chi connectivity index (χ3n) is 15.1. The van der Waals surface area contributed by atoms with Gasteiger partial charge >= 0.3 is 0 Å². The topological polar surface area (TPSA) is 108 Å². The number of hydrogen-bond acceptors (Lipinski definition) is 6. The first kappa shape index (κ1) is 77.7. The van der Waals surface area contributed by atoms with Gasteiger partial charge in [-0.2, -0.15) is 0 Å². The molecule has 0 saturated carbocycles. The Balaban J connectivity index is 3.94. The van der Waals surface area contributed by atoms with Crippen LogP contribution in [0.2, 0.25) is 0 Å². The Hall–Kier alpha value is -2.32. The van der Waals surface area contributed by atoms with E-state index in [4.69, 9.17) is 9.05 Å². The van der Waals surface area contributed by atoms with Gasteiger partial charge in [0.1, 0.15) is 13.2 Å². The number of unbranched alkanes of at least 4 members (excludes halogenated alkanes) is 37. The predicted molar refractivity (Wildman–Crippen MR) is 348 cm³/mol. The molecule has 3 unspecified atom stereocenters. The lowest BCUT2D eigenvalue weighted by Gasteiger charge is -2.29. The second-order valence-electron chi connectivity index (χ2n) is 24.2. The Morgan fingerprint density at radius 2 is 0.762 bits per heavy atom. The van der Waals surface area contributed by atoms with Gasteiger partial charge in [0.25, 0.3) is 7.82 Å². The van der Waals surface area contributed by atoms with Gasteiger partial charge in [-0.1, -0.05) is 317 Å². The molecule has 0 rings (SSSR count). The van der Waals surface area contributed by atoms with Crippen molar-refractivity contribution in [1.82, 2.24) is 5.32 Å². The SMILES string of the molecule is CC/C=C\C/C=C\C/C=C\C/C=C\C/C=C\C/C=C\CCCCCCCCCCCCCCCCCCCCCCCCC(=O)NC(COP(=O)([O-])OCC[N+](C)(C)C)C(O)/C=C/CCCCCCCCCCCCCCCCC. The molecule has 0 aromatic heterocycles. The maximum absolute atomic E-state index is 13.0. The Morgan fingerprint density at radius 3 is 1.11 bits per heavy atom. The maximum Gasteiger partial charge on any atom is 0.268 e. The van der Waals surface area contributed by atoms with Crippen LogP contribution >= 0.6 is 7.82 Å². The lowest BCUT2D eigenvalue weighted by atomic mass is 10.0. The van der Waals surface area contributed by atoms with Gasteiger partial charge in [0.2, 0.25) is 5.91 Å². The van der Waals surface area contributed by atoms with Gasteiger partial charge < -0.3 is 28.8 Å². The number of allylic oxidation sites excluding steroid dienone is 13. The van der Waals surface area contributed by atoms with E-state index in [9.17, 15) is 19.4 Å². The van der Waals surface area contributed by atoms with Gasteiger partial charge in [-0.05, 0) is 70.6 Å². The molecule has 0 heterocycles. The van der Waals surface area contributed by atoms with Crippen molar-refractivity contribution in [3.05, 3.63) is 85.1 Å². The molecule has 0 radical (unpaired) electrons. The number of amides is 1. The third-order valence-corrected chi connectivity index (χ3v) is 16.1. The Bertz CT molecular complexity index is 1580. The number of quaternary nitrogens is 1. The van der Waals surface area contributed by atoms with Gasteiger partial charge in [-0.3, -0.25) is 9.36 Å². The van der Waals surface area contributed by atoms with Crippen LogP contribution in [-0.4, -0.2) is 68.5 Å². The standard InChI is InChI=1S/C71H131N2O6P/c1-6-8-10-12-14-16-18-20-22-24-25-26-27-28-29-30-31-32-33-34-35-36-37-38-39-40-41-42-43-44-45-46-47-49-51-53-55-57-59-61-63-65-71(75)72-69(68-79-80(76,77)78-67-66-73(3,4)5)70(74)64-62-60-58-56-54-52-50-48-23-21-19-17-15-13-11-9-7-2/h8,10,14,16,20,22,25-26,28-29,31-32,62,64,69-70,74H,6-7,9,11-13,15,17-19,21,23-24,27,30,33-61,63,65-68H2,1-5H3,(H-,72,75,76,77)/b10-8-,16-14-,22-20-,26-25-,29-28-,32-31-,64-62+. The molecule has 0 aromatic rings. The summed E-state index contributed by atoms with van der Waals surface area (Å²) >= 11 is 0. The highest BCUT2D eigenvalue weighted by molar-refractivity contribution is 7.45. The largest absolute Gasteiger partial charge is 0.756 e. The highest BCUT2D eigenvalue weighted by atomic mass is 31.2. The molecule has 0 aliphatic rings. The summed E-state index contributed by atoms with van der Waals surface area (Å²) < 4.78 is 23.4. The fourth-order valence-electron chi connectivity index (χ4n) is 9.87. The number of aliphatic hydroxyl groups is 1.